The molecule has 1 aromatic carbocycles. The van der Waals surface area contributed by atoms with Crippen LogP contribution in [0.3, 0.4) is 0 Å². The number of nitrogens with one attached hydrogen (secondary N) is 2. The number of carbonyl (C=O) groups is 3. The quantitative estimate of drug-likeness (QED) is 0.496. The fourth-order valence-electron chi connectivity index (χ4n) is 3.68. The Morgan fingerprint density at radius 1 is 1.18 bits per heavy atom. The number of benzene rings is 1. The van der Waals surface area contributed by atoms with Gasteiger partial charge in [0, 0.05) is 37.4 Å². The van der Waals surface area contributed by atoms with Crippen LogP contribution in [-0.2, 0) is 11.8 Å². The van der Waals surface area contributed by atoms with Gasteiger partial charge in [-0.25, -0.2) is 0 Å². The van der Waals surface area contributed by atoms with E-state index in [1.807, 2.05) is 7.05 Å². The normalized spacial score (nSPS) is 14.1. The maximum atomic E-state index is 13.0. The highest BCUT2D eigenvalue weighted by molar-refractivity contribution is 7.99. The summed E-state index contributed by atoms with van der Waals surface area (Å²) in [5, 5.41) is 14.2. The number of hydrogen-bond donors (Lipinski definition) is 2. The van der Waals surface area contributed by atoms with Gasteiger partial charge in [-0.15, -0.1) is 10.2 Å². The van der Waals surface area contributed by atoms with Gasteiger partial charge in [0.2, 0.25) is 5.91 Å². The Morgan fingerprint density at radius 3 is 2.65 bits per heavy atom. The van der Waals surface area contributed by atoms with Crippen LogP contribution in [0.5, 0.6) is 0 Å². The van der Waals surface area contributed by atoms with Crippen molar-refractivity contribution in [1.82, 2.24) is 25.0 Å². The van der Waals surface area contributed by atoms with E-state index in [0.29, 0.717) is 53.9 Å². The number of carbonyl (C=O) groups excluding carboxylic acids is 3. The van der Waals surface area contributed by atoms with Gasteiger partial charge in [-0.1, -0.05) is 17.8 Å². The molecule has 0 bridgehead atoms. The molecule has 3 aromatic rings. The molecular formula is C23H26N6O4S. The zero-order chi connectivity index (χ0) is 24.1. The number of aromatic nitrogens is 3. The Bertz CT molecular complexity index is 1180. The first-order valence-corrected chi connectivity index (χ1v) is 11.9. The van der Waals surface area contributed by atoms with Gasteiger partial charge < -0.3 is 24.5 Å². The average molecular weight is 483 g/mol. The predicted octanol–water partition coefficient (Wildman–Crippen LogP) is 2.48. The molecule has 34 heavy (non-hydrogen) atoms. The third kappa shape index (κ3) is 5.84. The van der Waals surface area contributed by atoms with Gasteiger partial charge >= 0.3 is 0 Å². The van der Waals surface area contributed by atoms with E-state index in [1.165, 1.54) is 11.8 Å². The lowest BCUT2D eigenvalue weighted by Gasteiger charge is -2.32. The van der Waals surface area contributed by atoms with E-state index >= 15 is 0 Å². The molecular weight excluding hydrogens is 456 g/mol. The molecule has 11 heteroatoms. The molecule has 0 unspecified atom stereocenters. The summed E-state index contributed by atoms with van der Waals surface area (Å²) in [7, 11) is 1.81. The highest BCUT2D eigenvalue weighted by atomic mass is 32.2. The zero-order valence-electron chi connectivity index (χ0n) is 19.0. The van der Waals surface area contributed by atoms with Crippen LogP contribution >= 0.6 is 11.8 Å². The Labute approximate surface area is 201 Å². The van der Waals surface area contributed by atoms with Crippen LogP contribution in [-0.4, -0.2) is 62.3 Å². The summed E-state index contributed by atoms with van der Waals surface area (Å²) in [6.45, 7) is 2.86. The monoisotopic (exact) mass is 482 g/mol. The lowest BCUT2D eigenvalue weighted by atomic mass is 10.0. The number of nitrogens with zero attached hydrogens (tertiary/aromatic N) is 4. The number of rotatable bonds is 7. The first-order valence-electron chi connectivity index (χ1n) is 10.9. The molecule has 3 heterocycles. The number of likely N-dealkylation sites (tertiary alicyclic amines) is 1. The molecule has 0 aliphatic carbocycles. The number of thioether (sulfide) groups is 1. The second-order valence-electron chi connectivity index (χ2n) is 8.09. The third-order valence-electron chi connectivity index (χ3n) is 5.48. The van der Waals surface area contributed by atoms with Gasteiger partial charge in [0.15, 0.2) is 10.9 Å². The van der Waals surface area contributed by atoms with E-state index in [-0.39, 0.29) is 29.5 Å². The van der Waals surface area contributed by atoms with Gasteiger partial charge in [0.25, 0.3) is 11.8 Å². The van der Waals surface area contributed by atoms with Gasteiger partial charge in [0.1, 0.15) is 12.1 Å². The topological polar surface area (TPSA) is 122 Å². The van der Waals surface area contributed by atoms with Crippen LogP contribution in [0, 0.1) is 6.92 Å². The molecule has 178 valence electrons. The Hall–Kier alpha value is -3.60. The third-order valence-corrected chi connectivity index (χ3v) is 6.51. The molecule has 1 fully saturated rings. The summed E-state index contributed by atoms with van der Waals surface area (Å²) >= 11 is 1.28. The molecule has 2 aromatic heterocycles. The minimum absolute atomic E-state index is 0.0148. The van der Waals surface area contributed by atoms with E-state index in [2.05, 4.69) is 20.8 Å². The van der Waals surface area contributed by atoms with E-state index in [0.717, 1.165) is 0 Å². The Morgan fingerprint density at radius 2 is 1.97 bits per heavy atom. The largest absolute Gasteiger partial charge is 0.456 e. The first kappa shape index (κ1) is 23.6. The summed E-state index contributed by atoms with van der Waals surface area (Å²) in [6, 6.07) is 10.3. The summed E-state index contributed by atoms with van der Waals surface area (Å²) < 4.78 is 7.11. The minimum atomic E-state index is -0.237. The molecule has 4 rings (SSSR count). The maximum Gasteiger partial charge on any atom is 0.287 e. The van der Waals surface area contributed by atoms with E-state index in [9.17, 15) is 14.4 Å². The van der Waals surface area contributed by atoms with Gasteiger partial charge in [-0.05, 0) is 50.1 Å². The Balaban J connectivity index is 1.27. The second kappa shape index (κ2) is 10.6. The number of amides is 3. The molecule has 0 saturated carbocycles. The van der Waals surface area contributed by atoms with E-state index < -0.39 is 0 Å². The molecule has 0 spiro atoms. The van der Waals surface area contributed by atoms with Gasteiger partial charge in [0.05, 0.1) is 5.75 Å². The van der Waals surface area contributed by atoms with E-state index in [4.69, 9.17) is 4.42 Å². The molecule has 0 atom stereocenters. The fraction of sp³-hybridized carbons (Fsp3) is 0.348. The van der Waals surface area contributed by atoms with Crippen LogP contribution in [0.1, 0.15) is 39.5 Å². The number of anilines is 1. The highest BCUT2D eigenvalue weighted by Gasteiger charge is 2.25. The van der Waals surface area contributed by atoms with Crippen LogP contribution in [0.2, 0.25) is 0 Å². The molecule has 1 aliphatic heterocycles. The molecule has 1 aliphatic rings. The number of furan rings is 1. The Kier molecular flexibility index (Phi) is 7.31. The van der Waals surface area contributed by atoms with Crippen molar-refractivity contribution >= 4 is 35.2 Å². The predicted molar refractivity (Wildman–Crippen MR) is 127 cm³/mol. The molecule has 2 N–H and O–H groups in total. The summed E-state index contributed by atoms with van der Waals surface area (Å²) in [4.78, 5) is 39.4. The van der Waals surface area contributed by atoms with Crippen molar-refractivity contribution in [2.75, 3.05) is 24.2 Å². The second-order valence-corrected chi connectivity index (χ2v) is 9.03. The van der Waals surface area contributed by atoms with Crippen molar-refractivity contribution in [2.45, 2.75) is 31.0 Å². The number of piperidine rings is 1. The summed E-state index contributed by atoms with van der Waals surface area (Å²) in [6.07, 6.45) is 2.89. The van der Waals surface area contributed by atoms with Crippen molar-refractivity contribution in [2.24, 2.45) is 7.05 Å². The van der Waals surface area contributed by atoms with Crippen LogP contribution in [0.4, 0.5) is 5.69 Å². The highest BCUT2D eigenvalue weighted by Crippen LogP contribution is 2.19. The zero-order valence-corrected chi connectivity index (χ0v) is 19.8. The van der Waals surface area contributed by atoms with Crippen LogP contribution < -0.4 is 10.6 Å². The fourth-order valence-corrected chi connectivity index (χ4v) is 4.37. The lowest BCUT2D eigenvalue weighted by molar-refractivity contribution is -0.113. The smallest absolute Gasteiger partial charge is 0.287 e. The van der Waals surface area contributed by atoms with E-state index in [1.54, 1.807) is 59.1 Å². The standard InChI is InChI=1S/C23H26N6O4S/c1-15-6-7-19(33-15)21(31)26-17-8-10-29(11-9-17)22(32)16-4-3-5-18(12-16)25-20(30)13-34-23-27-24-14-28(23)2/h3-7,12,14,17H,8-11,13H2,1-2H3,(H,25,30)(H,26,31). The van der Waals surface area contributed by atoms with Gasteiger partial charge in [-0.3, -0.25) is 14.4 Å². The molecule has 3 amide bonds. The molecule has 0 radical (unpaired) electrons. The minimum Gasteiger partial charge on any atom is -0.456 e. The van der Waals surface area contributed by atoms with Gasteiger partial charge in [-0.2, -0.15) is 0 Å². The number of hydrogen-bond acceptors (Lipinski definition) is 7. The van der Waals surface area contributed by atoms with Crippen molar-refractivity contribution in [1.29, 1.82) is 0 Å². The van der Waals surface area contributed by atoms with Crippen molar-refractivity contribution < 1.29 is 18.8 Å². The van der Waals surface area contributed by atoms with Crippen molar-refractivity contribution in [3.63, 3.8) is 0 Å². The average Bonchev–Trinajstić information content (AvgIpc) is 3.45. The molecule has 1 saturated heterocycles. The molecule has 10 nitrogen and oxygen atoms in total. The summed E-state index contributed by atoms with van der Waals surface area (Å²) in [5.74, 6) is 0.634. The lowest BCUT2D eigenvalue weighted by Crippen LogP contribution is -2.46. The van der Waals surface area contributed by atoms with Crippen LogP contribution in [0.15, 0.2) is 52.3 Å². The number of aryl methyl sites for hydroxylation is 2. The SMILES string of the molecule is Cc1ccc(C(=O)NC2CCN(C(=O)c3cccc(NC(=O)CSc4nncn4C)c3)CC2)o1. The maximum absolute atomic E-state index is 13.0. The summed E-state index contributed by atoms with van der Waals surface area (Å²) in [5.41, 5.74) is 1.07. The van der Waals surface area contributed by atoms with Crippen molar-refractivity contribution in [3.8, 4) is 0 Å². The van der Waals surface area contributed by atoms with Crippen molar-refractivity contribution in [3.05, 3.63) is 59.8 Å². The first-order chi connectivity index (χ1) is 16.4. The van der Waals surface area contributed by atoms with Crippen LogP contribution in [0.25, 0.3) is 0 Å².